The lowest BCUT2D eigenvalue weighted by molar-refractivity contribution is 0.0527. The second-order valence-corrected chi connectivity index (χ2v) is 7.22. The molecular formula is C24H20ClN3O5. The molecule has 0 aliphatic carbocycles. The van der Waals surface area contributed by atoms with Gasteiger partial charge in [-0.05, 0) is 43.3 Å². The maximum atomic E-state index is 12.9. The highest BCUT2D eigenvalue weighted by Gasteiger charge is 2.23. The van der Waals surface area contributed by atoms with Crippen molar-refractivity contribution in [2.24, 2.45) is 0 Å². The lowest BCUT2D eigenvalue weighted by Crippen LogP contribution is -2.17. The molecule has 0 aliphatic heterocycles. The van der Waals surface area contributed by atoms with Crippen molar-refractivity contribution in [1.29, 1.82) is 0 Å². The van der Waals surface area contributed by atoms with Crippen LogP contribution in [-0.2, 0) is 11.3 Å². The molecule has 8 nitrogen and oxygen atoms in total. The Morgan fingerprint density at radius 1 is 1.06 bits per heavy atom. The van der Waals surface area contributed by atoms with Crippen molar-refractivity contribution in [3.05, 3.63) is 95.0 Å². The molecule has 33 heavy (non-hydrogen) atoms. The second-order valence-electron chi connectivity index (χ2n) is 6.81. The van der Waals surface area contributed by atoms with E-state index in [2.05, 4.69) is 10.4 Å². The van der Waals surface area contributed by atoms with Gasteiger partial charge in [0.05, 0.1) is 23.5 Å². The van der Waals surface area contributed by atoms with Gasteiger partial charge in [-0.2, -0.15) is 5.10 Å². The van der Waals surface area contributed by atoms with Crippen molar-refractivity contribution in [3.63, 3.8) is 0 Å². The van der Waals surface area contributed by atoms with Crippen LogP contribution in [-0.4, -0.2) is 28.3 Å². The number of aromatic nitrogens is 2. The second kappa shape index (κ2) is 10.1. The SMILES string of the molecule is CCOC(=O)c1cnn(-c2ccccc2)c1NC(=O)c1ccc(COc2ccccc2Cl)o1. The molecule has 0 unspecified atom stereocenters. The van der Waals surface area contributed by atoms with Gasteiger partial charge in [0.2, 0.25) is 0 Å². The summed E-state index contributed by atoms with van der Waals surface area (Å²) in [4.78, 5) is 25.3. The zero-order valence-electron chi connectivity index (χ0n) is 17.7. The maximum absolute atomic E-state index is 12.9. The van der Waals surface area contributed by atoms with E-state index in [1.54, 1.807) is 49.4 Å². The monoisotopic (exact) mass is 465 g/mol. The average Bonchev–Trinajstić information content (AvgIpc) is 3.47. The van der Waals surface area contributed by atoms with Crippen LogP contribution < -0.4 is 10.1 Å². The number of hydrogen-bond acceptors (Lipinski definition) is 6. The van der Waals surface area contributed by atoms with E-state index in [0.717, 1.165) is 0 Å². The van der Waals surface area contributed by atoms with E-state index >= 15 is 0 Å². The number of carbonyl (C=O) groups excluding carboxylic acids is 2. The van der Waals surface area contributed by atoms with Gasteiger partial charge in [-0.25, -0.2) is 9.48 Å². The Kier molecular flexibility index (Phi) is 6.75. The summed E-state index contributed by atoms with van der Waals surface area (Å²) in [6, 6.07) is 19.3. The third-order valence-corrected chi connectivity index (χ3v) is 4.90. The summed E-state index contributed by atoms with van der Waals surface area (Å²) in [6.07, 6.45) is 1.35. The number of esters is 1. The van der Waals surface area contributed by atoms with E-state index in [1.165, 1.54) is 16.9 Å². The van der Waals surface area contributed by atoms with Crippen LogP contribution in [0.4, 0.5) is 5.82 Å². The summed E-state index contributed by atoms with van der Waals surface area (Å²) in [5.41, 5.74) is 0.791. The number of carbonyl (C=O) groups is 2. The summed E-state index contributed by atoms with van der Waals surface area (Å²) in [5.74, 6) is 0.0124. The molecule has 0 saturated carbocycles. The number of ether oxygens (including phenoxy) is 2. The van der Waals surface area contributed by atoms with Crippen molar-refractivity contribution in [1.82, 2.24) is 9.78 Å². The molecule has 168 valence electrons. The fourth-order valence-corrected chi connectivity index (χ4v) is 3.24. The molecule has 1 N–H and O–H groups in total. The van der Waals surface area contributed by atoms with Crippen LogP contribution in [0, 0.1) is 0 Å². The highest BCUT2D eigenvalue weighted by Crippen LogP contribution is 2.25. The number of furan rings is 1. The van der Waals surface area contributed by atoms with Gasteiger partial charge in [0.1, 0.15) is 23.7 Å². The highest BCUT2D eigenvalue weighted by atomic mass is 35.5. The number of amides is 1. The van der Waals surface area contributed by atoms with Crippen LogP contribution in [0.2, 0.25) is 5.02 Å². The van der Waals surface area contributed by atoms with Gasteiger partial charge < -0.3 is 19.2 Å². The minimum atomic E-state index is -0.594. The maximum Gasteiger partial charge on any atom is 0.343 e. The molecule has 0 radical (unpaired) electrons. The Labute approximate surface area is 194 Å². The van der Waals surface area contributed by atoms with Gasteiger partial charge >= 0.3 is 5.97 Å². The Balaban J connectivity index is 1.54. The molecule has 0 bridgehead atoms. The largest absolute Gasteiger partial charge is 0.484 e. The first-order chi connectivity index (χ1) is 16.1. The van der Waals surface area contributed by atoms with Crippen molar-refractivity contribution < 1.29 is 23.5 Å². The molecule has 4 aromatic rings. The minimum Gasteiger partial charge on any atom is -0.484 e. The Morgan fingerprint density at radius 2 is 1.82 bits per heavy atom. The lowest BCUT2D eigenvalue weighted by atomic mass is 10.3. The third kappa shape index (κ3) is 5.07. The van der Waals surface area contributed by atoms with Gasteiger partial charge in [-0.15, -0.1) is 0 Å². The number of rotatable bonds is 8. The molecule has 0 aliphatic rings. The van der Waals surface area contributed by atoms with E-state index in [9.17, 15) is 9.59 Å². The smallest absolute Gasteiger partial charge is 0.343 e. The van der Waals surface area contributed by atoms with Crippen molar-refractivity contribution >= 4 is 29.3 Å². The van der Waals surface area contributed by atoms with Crippen molar-refractivity contribution in [2.45, 2.75) is 13.5 Å². The van der Waals surface area contributed by atoms with Gasteiger partial charge in [0, 0.05) is 0 Å². The number of anilines is 1. The molecular weight excluding hydrogens is 446 g/mol. The average molecular weight is 466 g/mol. The fraction of sp³-hybridized carbons (Fsp3) is 0.125. The first-order valence-electron chi connectivity index (χ1n) is 10.1. The Morgan fingerprint density at radius 3 is 2.58 bits per heavy atom. The van der Waals surface area contributed by atoms with Gasteiger partial charge in [0.25, 0.3) is 5.91 Å². The topological polar surface area (TPSA) is 95.6 Å². The molecule has 9 heteroatoms. The zero-order chi connectivity index (χ0) is 23.2. The van der Waals surface area contributed by atoms with Crippen LogP contribution in [0.15, 0.2) is 77.3 Å². The van der Waals surface area contributed by atoms with E-state index in [4.69, 9.17) is 25.5 Å². The van der Waals surface area contributed by atoms with Gasteiger partial charge in [-0.3, -0.25) is 4.79 Å². The molecule has 0 atom stereocenters. The first kappa shape index (κ1) is 22.2. The molecule has 0 fully saturated rings. The van der Waals surface area contributed by atoms with Crippen molar-refractivity contribution in [3.8, 4) is 11.4 Å². The minimum absolute atomic E-state index is 0.0448. The summed E-state index contributed by atoms with van der Waals surface area (Å²) in [7, 11) is 0. The molecule has 0 spiro atoms. The number of nitrogens with one attached hydrogen (secondary N) is 1. The first-order valence-corrected chi connectivity index (χ1v) is 10.5. The van der Waals surface area contributed by atoms with Crippen molar-refractivity contribution in [2.75, 3.05) is 11.9 Å². The van der Waals surface area contributed by atoms with Crippen LogP contribution >= 0.6 is 11.6 Å². The van der Waals surface area contributed by atoms with E-state index < -0.39 is 11.9 Å². The molecule has 0 saturated heterocycles. The van der Waals surface area contributed by atoms with Crippen LogP contribution in [0.25, 0.3) is 5.69 Å². The quantitative estimate of drug-likeness (QED) is 0.362. The zero-order valence-corrected chi connectivity index (χ0v) is 18.4. The number of hydrogen-bond donors (Lipinski definition) is 1. The summed E-state index contributed by atoms with van der Waals surface area (Å²) in [5, 5.41) is 7.44. The molecule has 1 amide bonds. The standard InChI is InChI=1S/C24H20ClN3O5/c1-2-31-24(30)18-14-26-28(16-8-4-3-5-9-16)22(18)27-23(29)21-13-12-17(33-21)15-32-20-11-7-6-10-19(20)25/h3-14H,2,15H2,1H3,(H,27,29). The summed E-state index contributed by atoms with van der Waals surface area (Å²) < 4.78 is 17.8. The number of benzene rings is 2. The predicted octanol–water partition coefficient (Wildman–Crippen LogP) is 5.13. The summed E-state index contributed by atoms with van der Waals surface area (Å²) >= 11 is 6.09. The lowest BCUT2D eigenvalue weighted by Gasteiger charge is -2.10. The normalized spacial score (nSPS) is 10.6. The number of para-hydroxylation sites is 2. The fourth-order valence-electron chi connectivity index (χ4n) is 3.05. The van der Waals surface area contributed by atoms with Gasteiger partial charge in [-0.1, -0.05) is 41.9 Å². The van der Waals surface area contributed by atoms with Crippen LogP contribution in [0.5, 0.6) is 5.75 Å². The molecule has 2 aromatic carbocycles. The van der Waals surface area contributed by atoms with Crippen LogP contribution in [0.3, 0.4) is 0 Å². The van der Waals surface area contributed by atoms with E-state index in [-0.39, 0.29) is 30.4 Å². The van der Waals surface area contributed by atoms with Gasteiger partial charge in [0.15, 0.2) is 11.6 Å². The highest BCUT2D eigenvalue weighted by molar-refractivity contribution is 6.32. The molecule has 4 rings (SSSR count). The Hall–Kier alpha value is -4.04. The third-order valence-electron chi connectivity index (χ3n) is 4.59. The Bertz CT molecular complexity index is 1270. The predicted molar refractivity (Wildman–Crippen MR) is 122 cm³/mol. The molecule has 2 aromatic heterocycles. The van der Waals surface area contributed by atoms with E-state index in [1.807, 2.05) is 18.2 Å². The molecule has 2 heterocycles. The van der Waals surface area contributed by atoms with E-state index in [0.29, 0.717) is 22.2 Å². The van der Waals surface area contributed by atoms with Crippen LogP contribution in [0.1, 0.15) is 33.6 Å². The number of halogens is 1. The number of nitrogens with zero attached hydrogens (tertiary/aromatic N) is 2. The summed E-state index contributed by atoms with van der Waals surface area (Å²) in [6.45, 7) is 1.98.